The second-order valence-corrected chi connectivity index (χ2v) is 5.74. The third-order valence-electron chi connectivity index (χ3n) is 3.45. The van der Waals surface area contributed by atoms with Crippen molar-refractivity contribution in [2.24, 2.45) is 0 Å². The minimum Gasteiger partial charge on any atom is -0.310 e. The molecule has 0 aliphatic rings. The van der Waals surface area contributed by atoms with E-state index in [9.17, 15) is 0 Å². The molecular weight excluding hydrogens is 266 g/mol. The third-order valence-corrected chi connectivity index (χ3v) is 3.80. The zero-order valence-electron chi connectivity index (χ0n) is 12.4. The number of likely N-dealkylation sites (N-methyl/N-ethyl adjacent to an activating group) is 1. The largest absolute Gasteiger partial charge is 0.310 e. The average Bonchev–Trinajstić information content (AvgIpc) is 2.37. The molecule has 0 spiro atoms. The molecule has 1 atom stereocenters. The van der Waals surface area contributed by atoms with Gasteiger partial charge in [-0.2, -0.15) is 0 Å². The van der Waals surface area contributed by atoms with E-state index in [1.807, 2.05) is 18.2 Å². The van der Waals surface area contributed by atoms with E-state index >= 15 is 0 Å². The molecule has 1 nitrogen and oxygen atoms in total. The molecule has 2 aromatic carbocycles. The Morgan fingerprint density at radius 3 is 2.30 bits per heavy atom. The molecule has 1 unspecified atom stereocenters. The van der Waals surface area contributed by atoms with E-state index in [1.54, 1.807) is 0 Å². The molecular formula is C18H22ClN. The molecule has 0 saturated heterocycles. The molecule has 0 aromatic heterocycles. The van der Waals surface area contributed by atoms with Gasteiger partial charge >= 0.3 is 0 Å². The van der Waals surface area contributed by atoms with E-state index in [0.717, 1.165) is 18.0 Å². The van der Waals surface area contributed by atoms with E-state index in [4.69, 9.17) is 11.6 Å². The van der Waals surface area contributed by atoms with Crippen molar-refractivity contribution in [3.05, 3.63) is 69.7 Å². The average molecular weight is 288 g/mol. The summed E-state index contributed by atoms with van der Waals surface area (Å²) >= 11 is 6.34. The molecule has 0 amide bonds. The lowest BCUT2D eigenvalue weighted by atomic mass is 9.96. The van der Waals surface area contributed by atoms with Crippen molar-refractivity contribution < 1.29 is 0 Å². The van der Waals surface area contributed by atoms with E-state index in [0.29, 0.717) is 0 Å². The van der Waals surface area contributed by atoms with Crippen LogP contribution in [0.25, 0.3) is 0 Å². The smallest absolute Gasteiger partial charge is 0.0453 e. The van der Waals surface area contributed by atoms with Crippen LogP contribution < -0.4 is 5.32 Å². The van der Waals surface area contributed by atoms with Gasteiger partial charge in [0.25, 0.3) is 0 Å². The topological polar surface area (TPSA) is 12.0 Å². The van der Waals surface area contributed by atoms with Crippen LogP contribution in [0.2, 0.25) is 5.02 Å². The van der Waals surface area contributed by atoms with Gasteiger partial charge in [0.05, 0.1) is 0 Å². The van der Waals surface area contributed by atoms with Crippen LogP contribution in [0, 0.1) is 13.8 Å². The number of hydrogen-bond acceptors (Lipinski definition) is 1. The lowest BCUT2D eigenvalue weighted by Crippen LogP contribution is -2.23. The van der Waals surface area contributed by atoms with Crippen LogP contribution in [0.15, 0.2) is 42.5 Å². The summed E-state index contributed by atoms with van der Waals surface area (Å²) in [5.74, 6) is 0. The van der Waals surface area contributed by atoms with Crippen molar-refractivity contribution in [1.29, 1.82) is 0 Å². The maximum absolute atomic E-state index is 6.34. The van der Waals surface area contributed by atoms with Gasteiger partial charge in [-0.15, -0.1) is 0 Å². The molecule has 0 aliphatic heterocycles. The van der Waals surface area contributed by atoms with Gasteiger partial charge in [0.2, 0.25) is 0 Å². The number of halogens is 1. The molecule has 2 rings (SSSR count). The van der Waals surface area contributed by atoms with Crippen molar-refractivity contribution in [1.82, 2.24) is 5.32 Å². The fourth-order valence-corrected chi connectivity index (χ4v) is 2.99. The van der Waals surface area contributed by atoms with Crippen LogP contribution in [-0.2, 0) is 6.42 Å². The highest BCUT2D eigenvalue weighted by Gasteiger charge is 2.14. The normalized spacial score (nSPS) is 12.4. The fraction of sp³-hybridized carbons (Fsp3) is 0.333. The van der Waals surface area contributed by atoms with Crippen LogP contribution in [-0.4, -0.2) is 6.54 Å². The van der Waals surface area contributed by atoms with Gasteiger partial charge < -0.3 is 5.32 Å². The van der Waals surface area contributed by atoms with Gasteiger partial charge in [0.15, 0.2) is 0 Å². The van der Waals surface area contributed by atoms with Gasteiger partial charge in [0, 0.05) is 11.1 Å². The Kier molecular flexibility index (Phi) is 5.22. The lowest BCUT2D eigenvalue weighted by molar-refractivity contribution is 0.550. The molecule has 0 saturated carbocycles. The van der Waals surface area contributed by atoms with Gasteiger partial charge in [-0.25, -0.2) is 0 Å². The number of benzene rings is 2. The minimum absolute atomic E-state index is 0.259. The molecule has 2 aromatic rings. The summed E-state index contributed by atoms with van der Waals surface area (Å²) in [6, 6.07) is 15.1. The number of rotatable bonds is 5. The predicted octanol–water partition coefficient (Wildman–Crippen LogP) is 4.85. The Labute approximate surface area is 127 Å². The highest BCUT2D eigenvalue weighted by molar-refractivity contribution is 6.31. The highest BCUT2D eigenvalue weighted by Crippen LogP contribution is 2.26. The summed E-state index contributed by atoms with van der Waals surface area (Å²) in [5, 5.41) is 4.38. The summed E-state index contributed by atoms with van der Waals surface area (Å²) in [6.45, 7) is 7.36. The first kappa shape index (κ1) is 15.1. The zero-order valence-corrected chi connectivity index (χ0v) is 13.2. The van der Waals surface area contributed by atoms with Crippen LogP contribution >= 0.6 is 11.6 Å². The number of hydrogen-bond donors (Lipinski definition) is 1. The lowest BCUT2D eigenvalue weighted by Gasteiger charge is -2.20. The molecule has 1 N–H and O–H groups in total. The first-order chi connectivity index (χ1) is 9.60. The van der Waals surface area contributed by atoms with Crippen LogP contribution in [0.4, 0.5) is 0 Å². The number of aryl methyl sites for hydroxylation is 2. The molecule has 0 bridgehead atoms. The Morgan fingerprint density at radius 2 is 1.70 bits per heavy atom. The van der Waals surface area contributed by atoms with Crippen molar-refractivity contribution in [3.8, 4) is 0 Å². The molecule has 106 valence electrons. The molecule has 0 aliphatic carbocycles. The first-order valence-electron chi connectivity index (χ1n) is 7.15. The third kappa shape index (κ3) is 3.84. The summed E-state index contributed by atoms with van der Waals surface area (Å²) in [6.07, 6.45) is 0.958. The van der Waals surface area contributed by atoms with Gasteiger partial charge in [-0.3, -0.25) is 0 Å². The van der Waals surface area contributed by atoms with Gasteiger partial charge in [-0.05, 0) is 44.0 Å². The second-order valence-electron chi connectivity index (χ2n) is 5.33. The Bertz CT molecular complexity index is 557. The van der Waals surface area contributed by atoms with Crippen LogP contribution in [0.1, 0.15) is 35.2 Å². The quantitative estimate of drug-likeness (QED) is 0.829. The van der Waals surface area contributed by atoms with Crippen molar-refractivity contribution in [3.63, 3.8) is 0 Å². The SMILES string of the molecule is CCNC(Cc1cc(C)cc(C)c1)c1ccccc1Cl. The molecule has 2 heteroatoms. The summed E-state index contributed by atoms with van der Waals surface area (Å²) in [4.78, 5) is 0. The predicted molar refractivity (Wildman–Crippen MR) is 87.5 cm³/mol. The Morgan fingerprint density at radius 1 is 1.05 bits per heavy atom. The molecule has 0 fully saturated rings. The van der Waals surface area contributed by atoms with Gasteiger partial charge in [0.1, 0.15) is 0 Å². The zero-order chi connectivity index (χ0) is 14.5. The second kappa shape index (κ2) is 6.92. The van der Waals surface area contributed by atoms with E-state index in [-0.39, 0.29) is 6.04 Å². The van der Waals surface area contributed by atoms with E-state index in [2.05, 4.69) is 50.4 Å². The van der Waals surface area contributed by atoms with Gasteiger partial charge in [-0.1, -0.05) is 66.0 Å². The highest BCUT2D eigenvalue weighted by atomic mass is 35.5. The monoisotopic (exact) mass is 287 g/mol. The standard InChI is InChI=1S/C18H22ClN/c1-4-20-18(16-7-5-6-8-17(16)19)12-15-10-13(2)9-14(3)11-15/h5-11,18,20H,4,12H2,1-3H3. The maximum Gasteiger partial charge on any atom is 0.0453 e. The summed E-state index contributed by atoms with van der Waals surface area (Å²) in [5.41, 5.74) is 5.16. The minimum atomic E-state index is 0.259. The van der Waals surface area contributed by atoms with Crippen LogP contribution in [0.3, 0.4) is 0 Å². The van der Waals surface area contributed by atoms with E-state index < -0.39 is 0 Å². The fourth-order valence-electron chi connectivity index (χ4n) is 2.72. The summed E-state index contributed by atoms with van der Waals surface area (Å²) < 4.78 is 0. The first-order valence-corrected chi connectivity index (χ1v) is 7.53. The maximum atomic E-state index is 6.34. The van der Waals surface area contributed by atoms with E-state index in [1.165, 1.54) is 22.3 Å². The van der Waals surface area contributed by atoms with Crippen molar-refractivity contribution >= 4 is 11.6 Å². The molecule has 20 heavy (non-hydrogen) atoms. The van der Waals surface area contributed by atoms with Crippen LogP contribution in [0.5, 0.6) is 0 Å². The number of nitrogens with one attached hydrogen (secondary N) is 1. The van der Waals surface area contributed by atoms with Crippen molar-refractivity contribution in [2.45, 2.75) is 33.2 Å². The molecule has 0 heterocycles. The molecule has 0 radical (unpaired) electrons. The Hall–Kier alpha value is -1.31. The summed E-state index contributed by atoms with van der Waals surface area (Å²) in [7, 11) is 0. The Balaban J connectivity index is 2.28. The van der Waals surface area contributed by atoms with Crippen molar-refractivity contribution in [2.75, 3.05) is 6.54 Å².